The molecule has 48 valence electrons. The lowest BCUT2D eigenvalue weighted by atomic mass is 9.79. The Morgan fingerprint density at radius 2 is 1.70 bits per heavy atom. The Morgan fingerprint density at radius 3 is 2.20 bits per heavy atom. The standard InChI is InChI=1S/C6H6B2O2/c7-3-1-4(8)6(10)5(9)2-3/h1-2H,7-8H2. The minimum absolute atomic E-state index is 0.384. The van der Waals surface area contributed by atoms with Gasteiger partial charge in [0.25, 0.3) is 0 Å². The summed E-state index contributed by atoms with van der Waals surface area (Å²) in [5, 5.41) is 0. The van der Waals surface area contributed by atoms with Crippen LogP contribution >= 0.6 is 0 Å². The lowest BCUT2D eigenvalue weighted by Crippen LogP contribution is -2.18. The Kier molecular flexibility index (Phi) is 1.62. The molecule has 0 heterocycles. The monoisotopic (exact) mass is 132 g/mol. The second kappa shape index (κ2) is 2.29. The summed E-state index contributed by atoms with van der Waals surface area (Å²) in [6.45, 7) is 0. The van der Waals surface area contributed by atoms with E-state index in [2.05, 4.69) is 0 Å². The third-order valence-corrected chi connectivity index (χ3v) is 1.38. The molecule has 0 aromatic heterocycles. The maximum Gasteiger partial charge on any atom is 0.224 e. The van der Waals surface area contributed by atoms with Crippen LogP contribution in [0.15, 0.2) is 23.1 Å². The maximum absolute atomic E-state index is 10.8. The van der Waals surface area contributed by atoms with Gasteiger partial charge in [-0.1, -0.05) is 11.5 Å². The molecule has 0 N–H and O–H groups in total. The van der Waals surface area contributed by atoms with Crippen molar-refractivity contribution in [1.29, 1.82) is 0 Å². The summed E-state index contributed by atoms with van der Waals surface area (Å²) >= 11 is 0. The molecule has 0 aromatic carbocycles. The molecule has 0 saturated heterocycles. The molecule has 1 aliphatic rings. The highest BCUT2D eigenvalue weighted by Crippen LogP contribution is 2.05. The van der Waals surface area contributed by atoms with E-state index in [0.29, 0.717) is 5.47 Å². The Labute approximate surface area is 60.8 Å². The summed E-state index contributed by atoms with van der Waals surface area (Å²) in [4.78, 5) is 21.6. The largest absolute Gasteiger partial charge is 0.286 e. The van der Waals surface area contributed by atoms with Crippen LogP contribution in [0.5, 0.6) is 0 Å². The first kappa shape index (κ1) is 7.06. The molecular formula is C6H6B2O2. The van der Waals surface area contributed by atoms with Crippen molar-refractivity contribution < 1.29 is 9.59 Å². The number of Topliss-reactive ketones (excluding diaryl/α,β-unsaturated/α-hetero) is 1. The highest BCUT2D eigenvalue weighted by atomic mass is 16.2. The first-order chi connectivity index (χ1) is 4.61. The van der Waals surface area contributed by atoms with Gasteiger partial charge in [-0.3, -0.25) is 9.59 Å². The fourth-order valence-electron chi connectivity index (χ4n) is 0.915. The lowest BCUT2D eigenvalue weighted by molar-refractivity contribution is -0.131. The highest BCUT2D eigenvalue weighted by molar-refractivity contribution is 6.59. The van der Waals surface area contributed by atoms with E-state index in [9.17, 15) is 9.59 Å². The van der Waals surface area contributed by atoms with E-state index in [1.807, 2.05) is 0 Å². The Balaban J connectivity index is 3.07. The van der Waals surface area contributed by atoms with Gasteiger partial charge in [0.1, 0.15) is 15.7 Å². The van der Waals surface area contributed by atoms with Crippen LogP contribution in [-0.2, 0) is 9.59 Å². The fourth-order valence-corrected chi connectivity index (χ4v) is 0.915. The minimum Gasteiger partial charge on any atom is -0.286 e. The summed E-state index contributed by atoms with van der Waals surface area (Å²) in [5.74, 6) is -0.789. The molecule has 0 atom stereocenters. The van der Waals surface area contributed by atoms with E-state index >= 15 is 0 Å². The van der Waals surface area contributed by atoms with Crippen molar-refractivity contribution in [2.45, 2.75) is 0 Å². The average Bonchev–Trinajstić information content (AvgIpc) is 1.82. The van der Waals surface area contributed by atoms with Crippen LogP contribution in [0.1, 0.15) is 0 Å². The van der Waals surface area contributed by atoms with E-state index in [0.717, 1.165) is 5.47 Å². The predicted octanol–water partition coefficient (Wildman–Crippen LogP) is -1.83. The van der Waals surface area contributed by atoms with Crippen molar-refractivity contribution in [3.8, 4) is 0 Å². The zero-order valence-corrected chi connectivity index (χ0v) is 5.97. The van der Waals surface area contributed by atoms with Crippen molar-refractivity contribution >= 4 is 27.3 Å². The van der Waals surface area contributed by atoms with Gasteiger partial charge in [0.15, 0.2) is 0 Å². The minimum atomic E-state index is -0.405. The average molecular weight is 132 g/mol. The summed E-state index contributed by atoms with van der Waals surface area (Å²) < 4.78 is 0. The van der Waals surface area contributed by atoms with E-state index in [4.69, 9.17) is 0 Å². The van der Waals surface area contributed by atoms with Crippen LogP contribution < -0.4 is 0 Å². The molecule has 1 rings (SSSR count). The van der Waals surface area contributed by atoms with Crippen LogP contribution in [0.4, 0.5) is 0 Å². The summed E-state index contributed by atoms with van der Waals surface area (Å²) in [6, 6.07) is 0. The zero-order chi connectivity index (χ0) is 7.72. The van der Waals surface area contributed by atoms with Crippen LogP contribution in [0, 0.1) is 0 Å². The van der Waals surface area contributed by atoms with Gasteiger partial charge >= 0.3 is 0 Å². The normalized spacial score (nSPS) is 18.4. The second-order valence-corrected chi connectivity index (χ2v) is 2.41. The van der Waals surface area contributed by atoms with Gasteiger partial charge in [-0.05, 0) is 11.5 Å². The third-order valence-electron chi connectivity index (χ3n) is 1.38. The molecule has 0 bridgehead atoms. The number of ketones is 2. The summed E-state index contributed by atoms with van der Waals surface area (Å²) in [5.41, 5.74) is 1.38. The van der Waals surface area contributed by atoms with Crippen molar-refractivity contribution in [2.24, 2.45) is 0 Å². The summed E-state index contributed by atoms with van der Waals surface area (Å²) in [7, 11) is 3.45. The van der Waals surface area contributed by atoms with Gasteiger partial charge in [0.05, 0.1) is 0 Å². The van der Waals surface area contributed by atoms with Gasteiger partial charge < -0.3 is 0 Å². The number of hydrogen-bond acceptors (Lipinski definition) is 2. The highest BCUT2D eigenvalue weighted by Gasteiger charge is 2.16. The molecule has 0 unspecified atom stereocenters. The molecule has 4 heteroatoms. The fraction of sp³-hybridized carbons (Fsp3) is 0. The number of carbonyl (C=O) groups is 2. The third kappa shape index (κ3) is 1.10. The molecule has 0 spiro atoms. The molecule has 1 aliphatic carbocycles. The van der Waals surface area contributed by atoms with Crippen LogP contribution in [0.3, 0.4) is 0 Å². The molecule has 0 amide bonds. The quantitative estimate of drug-likeness (QED) is 0.220. The number of allylic oxidation sites excluding steroid dienone is 4. The van der Waals surface area contributed by atoms with E-state index in [1.54, 1.807) is 21.8 Å². The maximum atomic E-state index is 10.8. The molecular weight excluding hydrogens is 126 g/mol. The number of hydrogen-bond donors (Lipinski definition) is 0. The molecule has 0 aliphatic heterocycles. The van der Waals surface area contributed by atoms with E-state index < -0.39 is 5.78 Å². The zero-order valence-electron chi connectivity index (χ0n) is 5.97. The van der Waals surface area contributed by atoms with Crippen molar-refractivity contribution in [1.82, 2.24) is 0 Å². The van der Waals surface area contributed by atoms with E-state index in [-0.39, 0.29) is 5.78 Å². The van der Waals surface area contributed by atoms with Gasteiger partial charge in [0, 0.05) is 0 Å². The summed E-state index contributed by atoms with van der Waals surface area (Å²) in [6.07, 6.45) is 3.07. The predicted molar refractivity (Wildman–Crippen MR) is 43.3 cm³/mol. The molecule has 0 fully saturated rings. The van der Waals surface area contributed by atoms with Gasteiger partial charge in [-0.15, -0.1) is 0 Å². The van der Waals surface area contributed by atoms with E-state index in [1.165, 1.54) is 6.08 Å². The van der Waals surface area contributed by atoms with Crippen molar-refractivity contribution in [3.63, 3.8) is 0 Å². The van der Waals surface area contributed by atoms with Crippen molar-refractivity contribution in [2.75, 3.05) is 0 Å². The smallest absolute Gasteiger partial charge is 0.224 e. The molecule has 0 saturated carbocycles. The SMILES string of the molecule is BC1=CC(=O)C(=O)C(B)=C1. The first-order valence-electron chi connectivity index (χ1n) is 3.06. The number of rotatable bonds is 0. The van der Waals surface area contributed by atoms with Crippen molar-refractivity contribution in [3.05, 3.63) is 23.1 Å². The van der Waals surface area contributed by atoms with Crippen LogP contribution in [0.25, 0.3) is 0 Å². The molecule has 10 heavy (non-hydrogen) atoms. The van der Waals surface area contributed by atoms with Gasteiger partial charge in [-0.25, -0.2) is 0 Å². The Hall–Kier alpha value is -1.05. The molecule has 0 aromatic rings. The Bertz CT molecular complexity index is 260. The second-order valence-electron chi connectivity index (χ2n) is 2.41. The molecule has 2 nitrogen and oxygen atoms in total. The first-order valence-corrected chi connectivity index (χ1v) is 3.06. The topological polar surface area (TPSA) is 34.1 Å². The van der Waals surface area contributed by atoms with Gasteiger partial charge in [-0.2, -0.15) is 0 Å². The van der Waals surface area contributed by atoms with Crippen LogP contribution in [-0.4, -0.2) is 27.3 Å². The van der Waals surface area contributed by atoms with Gasteiger partial charge in [0.2, 0.25) is 11.6 Å². The molecule has 0 radical (unpaired) electrons. The number of carbonyl (C=O) groups excluding carboxylic acids is 2. The van der Waals surface area contributed by atoms with Crippen LogP contribution in [0.2, 0.25) is 0 Å². The Morgan fingerprint density at radius 1 is 1.10 bits per heavy atom. The lowest BCUT2D eigenvalue weighted by Gasteiger charge is -2.03.